The zero-order valence-electron chi connectivity index (χ0n) is 19.0. The minimum absolute atomic E-state index is 0.0449. The number of para-hydroxylation sites is 1. The summed E-state index contributed by atoms with van der Waals surface area (Å²) >= 11 is 0. The third-order valence-corrected chi connectivity index (χ3v) is 6.08. The molecule has 2 heterocycles. The Bertz CT molecular complexity index is 1090. The molecular weight excluding hydrogens is 443 g/mol. The number of halogens is 1. The van der Waals surface area contributed by atoms with Crippen LogP contribution in [0.5, 0.6) is 5.75 Å². The van der Waals surface area contributed by atoms with E-state index in [0.717, 1.165) is 0 Å². The third-order valence-electron chi connectivity index (χ3n) is 6.08. The molecule has 3 N–H and O–H groups in total. The zero-order chi connectivity index (χ0) is 24.2. The fourth-order valence-electron chi connectivity index (χ4n) is 4.26. The number of likely N-dealkylation sites (N-methyl/N-ethyl adjacent to an activating group) is 1. The predicted octanol–water partition coefficient (Wildman–Crippen LogP) is 2.99. The first-order chi connectivity index (χ1) is 16.4. The Morgan fingerprint density at radius 3 is 2.71 bits per heavy atom. The van der Waals surface area contributed by atoms with Crippen LogP contribution in [0.15, 0.2) is 42.5 Å². The number of urea groups is 1. The number of benzene rings is 2. The molecule has 0 aliphatic carbocycles. The van der Waals surface area contributed by atoms with Crippen molar-refractivity contribution in [2.24, 2.45) is 0 Å². The summed E-state index contributed by atoms with van der Waals surface area (Å²) in [6, 6.07) is 9.72. The highest BCUT2D eigenvalue weighted by Gasteiger charge is 2.39. The molecule has 0 bridgehead atoms. The van der Waals surface area contributed by atoms with Crippen LogP contribution in [-0.4, -0.2) is 61.7 Å². The van der Waals surface area contributed by atoms with E-state index in [4.69, 9.17) is 9.47 Å². The summed E-state index contributed by atoms with van der Waals surface area (Å²) in [7, 11) is 3.30. The average molecular weight is 471 g/mol. The Morgan fingerprint density at radius 2 is 1.94 bits per heavy atom. The number of hydrogen-bond acceptors (Lipinski definition) is 5. The molecule has 0 aromatic heterocycles. The Balaban J connectivity index is 1.48. The SMILES string of the molecule is CNC(=O)C[C@@H]1CC[C@@H]2[C@H](COc3ccc(NC(=O)Nc4ccccc4F)cc3C(=O)N2C)O1. The van der Waals surface area contributed by atoms with E-state index in [0.29, 0.717) is 29.8 Å². The van der Waals surface area contributed by atoms with Gasteiger partial charge in [-0.2, -0.15) is 0 Å². The minimum Gasteiger partial charge on any atom is -0.490 e. The molecule has 180 valence electrons. The van der Waals surface area contributed by atoms with Gasteiger partial charge >= 0.3 is 6.03 Å². The van der Waals surface area contributed by atoms with Crippen LogP contribution < -0.4 is 20.7 Å². The summed E-state index contributed by atoms with van der Waals surface area (Å²) in [6.45, 7) is 0.222. The van der Waals surface area contributed by atoms with Gasteiger partial charge in [0.2, 0.25) is 5.91 Å². The molecule has 4 rings (SSSR count). The van der Waals surface area contributed by atoms with E-state index in [1.54, 1.807) is 37.2 Å². The molecule has 34 heavy (non-hydrogen) atoms. The van der Waals surface area contributed by atoms with E-state index in [1.165, 1.54) is 24.3 Å². The summed E-state index contributed by atoms with van der Waals surface area (Å²) in [6.07, 6.45) is 0.993. The van der Waals surface area contributed by atoms with Crippen molar-refractivity contribution in [3.8, 4) is 5.75 Å². The summed E-state index contributed by atoms with van der Waals surface area (Å²) in [5.41, 5.74) is 0.709. The summed E-state index contributed by atoms with van der Waals surface area (Å²) in [4.78, 5) is 39.0. The normalized spacial score (nSPS) is 21.8. The average Bonchev–Trinajstić information content (AvgIpc) is 2.83. The van der Waals surface area contributed by atoms with Crippen LogP contribution in [0, 0.1) is 5.82 Å². The van der Waals surface area contributed by atoms with Gasteiger partial charge in [-0.25, -0.2) is 9.18 Å². The molecule has 2 aromatic rings. The first-order valence-electron chi connectivity index (χ1n) is 11.1. The van der Waals surface area contributed by atoms with Gasteiger partial charge in [0, 0.05) is 19.8 Å². The number of rotatable bonds is 4. The van der Waals surface area contributed by atoms with Crippen LogP contribution in [0.3, 0.4) is 0 Å². The molecule has 0 spiro atoms. The highest BCUT2D eigenvalue weighted by atomic mass is 19.1. The lowest BCUT2D eigenvalue weighted by molar-refractivity contribution is -0.133. The molecule has 10 heteroatoms. The molecule has 0 saturated carbocycles. The van der Waals surface area contributed by atoms with E-state index in [1.807, 2.05) is 0 Å². The van der Waals surface area contributed by atoms with Crippen LogP contribution in [0.4, 0.5) is 20.6 Å². The van der Waals surface area contributed by atoms with Crippen LogP contribution in [0.2, 0.25) is 0 Å². The number of amides is 4. The molecule has 9 nitrogen and oxygen atoms in total. The number of ether oxygens (including phenoxy) is 2. The number of anilines is 2. The number of hydrogen-bond donors (Lipinski definition) is 3. The van der Waals surface area contributed by atoms with E-state index in [2.05, 4.69) is 16.0 Å². The summed E-state index contributed by atoms with van der Waals surface area (Å²) in [5, 5.41) is 7.67. The van der Waals surface area contributed by atoms with Gasteiger partial charge in [0.1, 0.15) is 24.3 Å². The molecule has 2 aromatic carbocycles. The van der Waals surface area contributed by atoms with Crippen molar-refractivity contribution in [2.45, 2.75) is 37.5 Å². The van der Waals surface area contributed by atoms with Crippen molar-refractivity contribution < 1.29 is 28.2 Å². The molecule has 0 radical (unpaired) electrons. The van der Waals surface area contributed by atoms with E-state index < -0.39 is 11.8 Å². The predicted molar refractivity (Wildman–Crippen MR) is 123 cm³/mol. The van der Waals surface area contributed by atoms with Gasteiger partial charge in [-0.15, -0.1) is 0 Å². The monoisotopic (exact) mass is 470 g/mol. The largest absolute Gasteiger partial charge is 0.490 e. The Labute approximate surface area is 196 Å². The van der Waals surface area contributed by atoms with Crippen molar-refractivity contribution in [1.82, 2.24) is 10.2 Å². The smallest absolute Gasteiger partial charge is 0.323 e. The van der Waals surface area contributed by atoms with Crippen LogP contribution in [-0.2, 0) is 9.53 Å². The lowest BCUT2D eigenvalue weighted by Crippen LogP contribution is -2.53. The topological polar surface area (TPSA) is 109 Å². The second-order valence-electron chi connectivity index (χ2n) is 8.32. The second-order valence-corrected chi connectivity index (χ2v) is 8.32. The number of nitrogens with zero attached hydrogens (tertiary/aromatic N) is 1. The fraction of sp³-hybridized carbons (Fsp3) is 0.375. The molecule has 2 aliphatic rings. The maximum absolute atomic E-state index is 13.8. The van der Waals surface area contributed by atoms with Crippen molar-refractivity contribution >= 4 is 29.2 Å². The van der Waals surface area contributed by atoms with Crippen LogP contribution in [0.25, 0.3) is 0 Å². The molecular formula is C24H27FN4O5. The van der Waals surface area contributed by atoms with Gasteiger partial charge in [-0.1, -0.05) is 12.1 Å². The van der Waals surface area contributed by atoms with E-state index in [9.17, 15) is 18.8 Å². The van der Waals surface area contributed by atoms with Gasteiger partial charge in [0.25, 0.3) is 5.91 Å². The highest BCUT2D eigenvalue weighted by Crippen LogP contribution is 2.32. The quantitative estimate of drug-likeness (QED) is 0.637. The lowest BCUT2D eigenvalue weighted by Gasteiger charge is -2.42. The van der Waals surface area contributed by atoms with Gasteiger partial charge in [-0.3, -0.25) is 9.59 Å². The standard InChI is InChI=1S/C24H27FN4O5/c1-26-22(30)12-15-8-9-19-21(34-15)13-33-20-10-7-14(11-16(20)23(31)29(19)2)27-24(32)28-18-6-4-3-5-17(18)25/h3-7,10-11,15,19,21H,8-9,12-13H2,1-2H3,(H,26,30)(H2,27,28,32)/t15-,19+,21-/m0/s1. The molecule has 3 atom stereocenters. The summed E-state index contributed by atoms with van der Waals surface area (Å²) < 4.78 is 25.8. The van der Waals surface area contributed by atoms with Crippen LogP contribution >= 0.6 is 0 Å². The first kappa shape index (κ1) is 23.5. The minimum atomic E-state index is -0.638. The number of fused-ring (bicyclic) bond motifs is 2. The van der Waals surface area contributed by atoms with Crippen molar-refractivity contribution in [1.29, 1.82) is 0 Å². The number of carbonyl (C=O) groups excluding carboxylic acids is 3. The van der Waals surface area contributed by atoms with Gasteiger partial charge in [0.15, 0.2) is 0 Å². The van der Waals surface area contributed by atoms with Crippen LogP contribution in [0.1, 0.15) is 29.6 Å². The van der Waals surface area contributed by atoms with E-state index >= 15 is 0 Å². The lowest BCUT2D eigenvalue weighted by atomic mass is 9.94. The Morgan fingerprint density at radius 1 is 1.15 bits per heavy atom. The maximum atomic E-state index is 13.8. The third kappa shape index (κ3) is 5.12. The molecule has 1 fully saturated rings. The fourth-order valence-corrected chi connectivity index (χ4v) is 4.26. The first-order valence-corrected chi connectivity index (χ1v) is 11.1. The number of nitrogens with one attached hydrogen (secondary N) is 3. The summed E-state index contributed by atoms with van der Waals surface area (Å²) in [5.74, 6) is -0.546. The maximum Gasteiger partial charge on any atom is 0.323 e. The van der Waals surface area contributed by atoms with Crippen molar-refractivity contribution in [3.63, 3.8) is 0 Å². The van der Waals surface area contributed by atoms with Gasteiger partial charge in [-0.05, 0) is 43.2 Å². The zero-order valence-corrected chi connectivity index (χ0v) is 19.0. The second kappa shape index (κ2) is 10.1. The van der Waals surface area contributed by atoms with Gasteiger partial charge < -0.3 is 30.3 Å². The molecule has 0 unspecified atom stereocenters. The Kier molecular flexibility index (Phi) is 6.97. The Hall–Kier alpha value is -3.66. The van der Waals surface area contributed by atoms with Crippen molar-refractivity contribution in [2.75, 3.05) is 31.3 Å². The molecule has 1 saturated heterocycles. The molecule has 4 amide bonds. The van der Waals surface area contributed by atoms with Gasteiger partial charge in [0.05, 0.1) is 29.8 Å². The highest BCUT2D eigenvalue weighted by molar-refractivity contribution is 6.02. The van der Waals surface area contributed by atoms with E-state index in [-0.39, 0.29) is 48.8 Å². The number of carbonyl (C=O) groups is 3. The molecule has 2 aliphatic heterocycles. The van der Waals surface area contributed by atoms with Crippen molar-refractivity contribution in [3.05, 3.63) is 53.8 Å².